The van der Waals surface area contributed by atoms with Crippen LogP contribution < -0.4 is 5.43 Å². The van der Waals surface area contributed by atoms with E-state index in [2.05, 4.69) is 30.5 Å². The molecule has 5 nitrogen and oxygen atoms in total. The topological polar surface area (TPSA) is 63.8 Å². The molecule has 5 heteroatoms. The Hall–Kier alpha value is -3.18. The molecular weight excluding hydrogens is 364 g/mol. The number of ether oxygens (including phenoxy) is 1. The predicted molar refractivity (Wildman–Crippen MR) is 116 cm³/mol. The molecule has 1 atom stereocenters. The maximum atomic E-state index is 12.4. The molecule has 1 heterocycles. The number of carbonyl (C=O) groups is 1. The second-order valence-corrected chi connectivity index (χ2v) is 7.41. The van der Waals surface area contributed by atoms with E-state index < -0.39 is 0 Å². The van der Waals surface area contributed by atoms with Crippen molar-refractivity contribution in [2.45, 2.75) is 32.3 Å². The minimum absolute atomic E-state index is 0.238. The van der Waals surface area contributed by atoms with E-state index in [-0.39, 0.29) is 17.3 Å². The number of hydrazone groups is 1. The number of nitrogens with one attached hydrogen (secondary N) is 1. The summed E-state index contributed by atoms with van der Waals surface area (Å²) in [7, 11) is 0. The Kier molecular flexibility index (Phi) is 5.32. The van der Waals surface area contributed by atoms with Gasteiger partial charge in [0.25, 0.3) is 0 Å². The van der Waals surface area contributed by atoms with Crippen LogP contribution in [0.4, 0.5) is 0 Å². The lowest BCUT2D eigenvalue weighted by Gasteiger charge is -2.27. The van der Waals surface area contributed by atoms with Gasteiger partial charge in [0, 0.05) is 12.0 Å². The third-order valence-corrected chi connectivity index (χ3v) is 5.04. The standard InChI is InChI=1S/C24H24N2O3/c1-3-14-28-24(2)12-10-17(11-13-24)16-25-26-23(27)22-15-20-19-7-5-4-6-18(19)8-9-21(20)29-22/h4-12,15-16H,3,13-14H2,1-2H3,(H,26,27)/b25-16+. The summed E-state index contributed by atoms with van der Waals surface area (Å²) in [5.74, 6) is -0.139. The highest BCUT2D eigenvalue weighted by Gasteiger charge is 2.22. The molecule has 148 valence electrons. The molecule has 4 rings (SSSR count). The van der Waals surface area contributed by atoms with Gasteiger partial charge in [0.05, 0.1) is 11.8 Å². The normalized spacial score (nSPS) is 19.2. The average Bonchev–Trinajstić information content (AvgIpc) is 3.19. The zero-order valence-corrected chi connectivity index (χ0v) is 16.6. The summed E-state index contributed by atoms with van der Waals surface area (Å²) in [5.41, 5.74) is 3.88. The van der Waals surface area contributed by atoms with Gasteiger partial charge in [-0.15, -0.1) is 0 Å². The maximum absolute atomic E-state index is 12.4. The molecule has 0 saturated carbocycles. The van der Waals surface area contributed by atoms with Crippen molar-refractivity contribution in [1.29, 1.82) is 0 Å². The fourth-order valence-electron chi connectivity index (χ4n) is 3.39. The summed E-state index contributed by atoms with van der Waals surface area (Å²) in [4.78, 5) is 12.4. The summed E-state index contributed by atoms with van der Waals surface area (Å²) in [6.07, 6.45) is 9.45. The second-order valence-electron chi connectivity index (χ2n) is 7.41. The van der Waals surface area contributed by atoms with Gasteiger partial charge in [-0.1, -0.05) is 55.5 Å². The van der Waals surface area contributed by atoms with E-state index >= 15 is 0 Å². The molecular formula is C24H24N2O3. The lowest BCUT2D eigenvalue weighted by atomic mass is 9.94. The fraction of sp³-hybridized carbons (Fsp3) is 0.250. The van der Waals surface area contributed by atoms with Gasteiger partial charge in [0.1, 0.15) is 5.58 Å². The Morgan fingerprint density at radius 2 is 2.14 bits per heavy atom. The molecule has 1 N–H and O–H groups in total. The number of furan rings is 1. The summed E-state index contributed by atoms with van der Waals surface area (Å²) in [5, 5.41) is 7.15. The van der Waals surface area contributed by atoms with E-state index in [0.717, 1.165) is 41.2 Å². The van der Waals surface area contributed by atoms with Crippen molar-refractivity contribution < 1.29 is 13.9 Å². The molecule has 1 unspecified atom stereocenters. The summed E-state index contributed by atoms with van der Waals surface area (Å²) >= 11 is 0. The lowest BCUT2D eigenvalue weighted by Crippen LogP contribution is -2.27. The highest BCUT2D eigenvalue weighted by molar-refractivity contribution is 6.08. The molecule has 0 spiro atoms. The lowest BCUT2D eigenvalue weighted by molar-refractivity contribution is 0.00728. The van der Waals surface area contributed by atoms with E-state index in [4.69, 9.17) is 9.15 Å². The van der Waals surface area contributed by atoms with Gasteiger partial charge < -0.3 is 9.15 Å². The summed E-state index contributed by atoms with van der Waals surface area (Å²) < 4.78 is 11.6. The van der Waals surface area contributed by atoms with Gasteiger partial charge in [0.2, 0.25) is 0 Å². The molecule has 0 saturated heterocycles. The number of hydrogen-bond donors (Lipinski definition) is 1. The van der Waals surface area contributed by atoms with Crippen molar-refractivity contribution in [3.8, 4) is 0 Å². The van der Waals surface area contributed by atoms with Crippen LogP contribution in [0.2, 0.25) is 0 Å². The molecule has 29 heavy (non-hydrogen) atoms. The SMILES string of the molecule is CCCOC1(C)C=CC(/C=N/NC(=O)c2cc3c(ccc4ccccc43)o2)=CC1. The van der Waals surface area contributed by atoms with E-state index in [9.17, 15) is 4.79 Å². The van der Waals surface area contributed by atoms with Gasteiger partial charge >= 0.3 is 5.91 Å². The minimum atomic E-state index is -0.377. The van der Waals surface area contributed by atoms with Crippen LogP contribution in [-0.2, 0) is 4.74 Å². The first-order valence-electron chi connectivity index (χ1n) is 9.86. The van der Waals surface area contributed by atoms with E-state index in [1.54, 1.807) is 12.3 Å². The first-order chi connectivity index (χ1) is 14.1. The second kappa shape index (κ2) is 8.05. The number of hydrogen-bond acceptors (Lipinski definition) is 4. The minimum Gasteiger partial charge on any atom is -0.451 e. The molecule has 1 aliphatic carbocycles. The quantitative estimate of drug-likeness (QED) is 0.456. The van der Waals surface area contributed by atoms with Crippen LogP contribution in [0.3, 0.4) is 0 Å². The van der Waals surface area contributed by atoms with Crippen molar-refractivity contribution in [2.24, 2.45) is 5.10 Å². The Bertz CT molecular complexity index is 1140. The summed E-state index contributed by atoms with van der Waals surface area (Å²) in [6.45, 7) is 4.90. The van der Waals surface area contributed by atoms with Crippen molar-refractivity contribution in [3.05, 3.63) is 72.0 Å². The number of nitrogens with zero attached hydrogens (tertiary/aromatic N) is 1. The Morgan fingerprint density at radius 1 is 1.28 bits per heavy atom. The van der Waals surface area contributed by atoms with Gasteiger partial charge in [-0.25, -0.2) is 5.43 Å². The molecule has 0 radical (unpaired) electrons. The Labute approximate surface area is 169 Å². The van der Waals surface area contributed by atoms with Gasteiger partial charge in [-0.3, -0.25) is 4.79 Å². The van der Waals surface area contributed by atoms with Crippen molar-refractivity contribution >= 4 is 33.9 Å². The number of carbonyl (C=O) groups excluding carboxylic acids is 1. The van der Waals surface area contributed by atoms with Crippen LogP contribution >= 0.6 is 0 Å². The fourth-order valence-corrected chi connectivity index (χ4v) is 3.39. The zero-order chi connectivity index (χ0) is 20.3. The van der Waals surface area contributed by atoms with Crippen molar-refractivity contribution in [1.82, 2.24) is 5.43 Å². The number of fused-ring (bicyclic) bond motifs is 3. The monoisotopic (exact) mass is 388 g/mol. The molecule has 0 aliphatic heterocycles. The maximum Gasteiger partial charge on any atom is 0.307 e. The van der Waals surface area contributed by atoms with Crippen molar-refractivity contribution in [3.63, 3.8) is 0 Å². The molecule has 1 aromatic heterocycles. The Morgan fingerprint density at radius 3 is 2.93 bits per heavy atom. The average molecular weight is 388 g/mol. The molecule has 0 bridgehead atoms. The largest absolute Gasteiger partial charge is 0.451 e. The van der Waals surface area contributed by atoms with E-state index in [1.165, 1.54) is 0 Å². The Balaban J connectivity index is 1.43. The third-order valence-electron chi connectivity index (χ3n) is 5.04. The number of allylic oxidation sites excluding steroid dienone is 2. The first-order valence-corrected chi connectivity index (χ1v) is 9.86. The number of benzene rings is 2. The van der Waals surface area contributed by atoms with Crippen LogP contribution in [0.15, 0.2) is 75.8 Å². The van der Waals surface area contributed by atoms with Crippen LogP contribution in [0.5, 0.6) is 0 Å². The van der Waals surface area contributed by atoms with Crippen LogP contribution in [0.1, 0.15) is 37.2 Å². The highest BCUT2D eigenvalue weighted by Crippen LogP contribution is 2.28. The third kappa shape index (κ3) is 4.15. The van der Waals surface area contributed by atoms with Crippen LogP contribution in [0.25, 0.3) is 21.7 Å². The molecule has 2 aromatic carbocycles. The molecule has 3 aromatic rings. The predicted octanol–water partition coefficient (Wildman–Crippen LogP) is 5.37. The smallest absolute Gasteiger partial charge is 0.307 e. The van der Waals surface area contributed by atoms with Gasteiger partial charge in [-0.05, 0) is 48.2 Å². The van der Waals surface area contributed by atoms with E-state index in [1.807, 2.05) is 48.6 Å². The highest BCUT2D eigenvalue weighted by atomic mass is 16.5. The zero-order valence-electron chi connectivity index (χ0n) is 16.6. The number of rotatable bonds is 6. The molecule has 1 amide bonds. The molecule has 1 aliphatic rings. The van der Waals surface area contributed by atoms with Gasteiger partial charge in [0.15, 0.2) is 5.76 Å². The summed E-state index contributed by atoms with van der Waals surface area (Å²) in [6, 6.07) is 13.7. The van der Waals surface area contributed by atoms with Crippen LogP contribution in [0, 0.1) is 0 Å². The van der Waals surface area contributed by atoms with E-state index in [0.29, 0.717) is 5.58 Å². The first kappa shape index (κ1) is 19.2. The molecule has 0 fully saturated rings. The number of amides is 1. The van der Waals surface area contributed by atoms with Crippen LogP contribution in [-0.4, -0.2) is 24.3 Å². The van der Waals surface area contributed by atoms with Gasteiger partial charge in [-0.2, -0.15) is 5.10 Å². The van der Waals surface area contributed by atoms with Crippen molar-refractivity contribution in [2.75, 3.05) is 6.61 Å².